The minimum atomic E-state index is -1.13. The number of fused-ring (bicyclic) bond motifs is 1. The number of hydrogen-bond acceptors (Lipinski definition) is 6. The topological polar surface area (TPSA) is 145 Å². The zero-order valence-electron chi connectivity index (χ0n) is 22.7. The lowest BCUT2D eigenvalue weighted by molar-refractivity contribution is -0.140. The van der Waals surface area contributed by atoms with E-state index in [0.717, 1.165) is 21.9 Å². The van der Waals surface area contributed by atoms with Crippen LogP contribution in [0.5, 0.6) is 0 Å². The van der Waals surface area contributed by atoms with Gasteiger partial charge >= 0.3 is 6.09 Å². The van der Waals surface area contributed by atoms with Crippen molar-refractivity contribution in [2.45, 2.75) is 45.8 Å². The van der Waals surface area contributed by atoms with Crippen LogP contribution in [0.3, 0.4) is 0 Å². The van der Waals surface area contributed by atoms with Crippen LogP contribution in [-0.2, 0) is 36.9 Å². The summed E-state index contributed by atoms with van der Waals surface area (Å²) in [5.74, 6) is -4.09. The van der Waals surface area contributed by atoms with Crippen molar-refractivity contribution in [1.29, 1.82) is 0 Å². The van der Waals surface area contributed by atoms with Gasteiger partial charge in [0, 0.05) is 12.3 Å². The molecule has 9 heteroatoms. The first-order valence-corrected chi connectivity index (χ1v) is 13.3. The van der Waals surface area contributed by atoms with E-state index >= 15 is 0 Å². The molecule has 210 valence electrons. The van der Waals surface area contributed by atoms with E-state index in [1.807, 2.05) is 67.6 Å². The van der Waals surface area contributed by atoms with E-state index in [2.05, 4.69) is 10.6 Å². The monoisotopic (exact) mass is 545 g/mol. The average molecular weight is 546 g/mol. The van der Waals surface area contributed by atoms with Crippen molar-refractivity contribution in [2.24, 2.45) is 17.6 Å². The molecular weight excluding hydrogens is 510 g/mol. The van der Waals surface area contributed by atoms with Gasteiger partial charge in [-0.1, -0.05) is 93.1 Å². The first kappa shape index (κ1) is 30.0. The van der Waals surface area contributed by atoms with Crippen molar-refractivity contribution >= 4 is 40.2 Å². The summed E-state index contributed by atoms with van der Waals surface area (Å²) in [4.78, 5) is 62.5. The smallest absolute Gasteiger partial charge is 0.408 e. The molecule has 0 saturated heterocycles. The molecule has 3 unspecified atom stereocenters. The Morgan fingerprint density at radius 1 is 0.875 bits per heavy atom. The zero-order chi connectivity index (χ0) is 29.1. The maximum atomic E-state index is 12.9. The Balaban J connectivity index is 1.53. The Morgan fingerprint density at radius 2 is 1.55 bits per heavy atom. The molecule has 0 heterocycles. The number of rotatable bonds is 14. The molecule has 0 saturated carbocycles. The van der Waals surface area contributed by atoms with Crippen molar-refractivity contribution in [3.8, 4) is 0 Å². The highest BCUT2D eigenvalue weighted by atomic mass is 16.5. The van der Waals surface area contributed by atoms with Crippen molar-refractivity contribution in [3.63, 3.8) is 0 Å². The molecule has 0 aromatic heterocycles. The Hall–Kier alpha value is -4.53. The van der Waals surface area contributed by atoms with Crippen LogP contribution in [0.2, 0.25) is 0 Å². The van der Waals surface area contributed by atoms with Gasteiger partial charge in [-0.25, -0.2) is 4.79 Å². The molecule has 3 aromatic rings. The van der Waals surface area contributed by atoms with Gasteiger partial charge in [0.25, 0.3) is 5.91 Å². The number of alkyl carbamates (subject to hydrolysis) is 1. The quantitative estimate of drug-likeness (QED) is 0.265. The van der Waals surface area contributed by atoms with Crippen molar-refractivity contribution in [1.82, 2.24) is 10.6 Å². The normalized spacial score (nSPS) is 13.1. The molecule has 0 fully saturated rings. The lowest BCUT2D eigenvalue weighted by Gasteiger charge is -2.22. The highest BCUT2D eigenvalue weighted by Gasteiger charge is 2.31. The second-order valence-corrected chi connectivity index (χ2v) is 9.84. The first-order chi connectivity index (χ1) is 19.2. The molecule has 3 aromatic carbocycles. The molecule has 0 aliphatic rings. The Labute approximate surface area is 233 Å². The number of carbonyl (C=O) groups is 5. The number of nitrogens with one attached hydrogen (secondary N) is 2. The van der Waals surface area contributed by atoms with Crippen LogP contribution in [0, 0.1) is 11.8 Å². The van der Waals surface area contributed by atoms with Crippen LogP contribution >= 0.6 is 0 Å². The van der Waals surface area contributed by atoms with Crippen molar-refractivity contribution in [3.05, 3.63) is 83.9 Å². The summed E-state index contributed by atoms with van der Waals surface area (Å²) in [6.07, 6.45) is -0.236. The van der Waals surface area contributed by atoms with Crippen LogP contribution in [-0.4, -0.2) is 42.1 Å². The van der Waals surface area contributed by atoms with Gasteiger partial charge in [-0.15, -0.1) is 0 Å². The van der Waals surface area contributed by atoms with Crippen LogP contribution in [0.1, 0.15) is 37.8 Å². The van der Waals surface area contributed by atoms with Crippen LogP contribution < -0.4 is 16.4 Å². The van der Waals surface area contributed by atoms with Crippen LogP contribution in [0.25, 0.3) is 10.8 Å². The molecule has 3 amide bonds. The van der Waals surface area contributed by atoms with Gasteiger partial charge in [-0.05, 0) is 34.2 Å². The lowest BCUT2D eigenvalue weighted by Crippen LogP contribution is -2.51. The molecule has 0 aliphatic carbocycles. The number of Topliss-reactive ketones (excluding diaryl/α,β-unsaturated/α-hetero) is 2. The third-order valence-electron chi connectivity index (χ3n) is 6.82. The summed E-state index contributed by atoms with van der Waals surface area (Å²) in [7, 11) is 0. The summed E-state index contributed by atoms with van der Waals surface area (Å²) in [5, 5.41) is 6.86. The second kappa shape index (κ2) is 14.6. The number of hydrogen-bond donors (Lipinski definition) is 3. The van der Waals surface area contributed by atoms with Crippen molar-refractivity contribution in [2.75, 3.05) is 6.54 Å². The third-order valence-corrected chi connectivity index (χ3v) is 6.82. The number of ether oxygens (including phenoxy) is 1. The Bertz CT molecular complexity index is 1360. The molecule has 0 aliphatic heterocycles. The number of benzene rings is 3. The minimum Gasteiger partial charge on any atom is -0.445 e. The number of ketones is 2. The van der Waals surface area contributed by atoms with E-state index in [9.17, 15) is 24.0 Å². The highest BCUT2D eigenvalue weighted by molar-refractivity contribution is 6.38. The van der Waals surface area contributed by atoms with E-state index in [0.29, 0.717) is 6.42 Å². The summed E-state index contributed by atoms with van der Waals surface area (Å²) in [6.45, 7) is 3.11. The molecule has 9 nitrogen and oxygen atoms in total. The molecule has 3 rings (SSSR count). The summed E-state index contributed by atoms with van der Waals surface area (Å²) >= 11 is 0. The molecule has 0 radical (unpaired) electrons. The molecule has 0 spiro atoms. The number of primary amides is 1. The minimum absolute atomic E-state index is 0.00895. The van der Waals surface area contributed by atoms with Gasteiger partial charge in [-0.2, -0.15) is 0 Å². The molecule has 4 N–H and O–H groups in total. The van der Waals surface area contributed by atoms with E-state index in [4.69, 9.17) is 10.5 Å². The van der Waals surface area contributed by atoms with Gasteiger partial charge in [-0.3, -0.25) is 19.2 Å². The maximum absolute atomic E-state index is 12.9. The Kier molecular flexibility index (Phi) is 10.9. The van der Waals surface area contributed by atoms with E-state index in [1.165, 1.54) is 0 Å². The van der Waals surface area contributed by atoms with E-state index in [-0.39, 0.29) is 25.4 Å². The van der Waals surface area contributed by atoms with Gasteiger partial charge in [0.05, 0.1) is 6.54 Å². The highest BCUT2D eigenvalue weighted by Crippen LogP contribution is 2.19. The fraction of sp³-hybridized carbons (Fsp3) is 0.323. The molecule has 40 heavy (non-hydrogen) atoms. The molecular formula is C31H35N3O6. The summed E-state index contributed by atoms with van der Waals surface area (Å²) in [5.41, 5.74) is 7.19. The number of amides is 3. The maximum Gasteiger partial charge on any atom is 0.408 e. The predicted octanol–water partition coefficient (Wildman–Crippen LogP) is 3.47. The SMILES string of the molecule is CCC(C)C(NC(=O)OCc1ccccc1)C(=O)C(=O)NCC(=O)CC(Cc1ccc2ccccc2c1)C(N)=O. The predicted molar refractivity (Wildman–Crippen MR) is 151 cm³/mol. The second-order valence-electron chi connectivity index (χ2n) is 9.84. The fourth-order valence-corrected chi connectivity index (χ4v) is 4.27. The fourth-order valence-electron chi connectivity index (χ4n) is 4.27. The van der Waals surface area contributed by atoms with Crippen LogP contribution in [0.4, 0.5) is 4.79 Å². The van der Waals surface area contributed by atoms with Crippen molar-refractivity contribution < 1.29 is 28.7 Å². The summed E-state index contributed by atoms with van der Waals surface area (Å²) < 4.78 is 5.19. The average Bonchev–Trinajstić information content (AvgIpc) is 2.96. The molecule has 0 bridgehead atoms. The number of carbonyl (C=O) groups excluding carboxylic acids is 5. The standard InChI is InChI=1S/C31H35N3O6/c1-3-20(2)27(34-31(39)40-19-21-9-5-4-6-10-21)28(36)30(38)33-18-26(35)17-25(29(32)37)16-22-13-14-23-11-7-8-12-24(23)15-22/h4-15,20,25,27H,3,16-19H2,1-2H3,(H2,32,37)(H,33,38)(H,34,39). The largest absolute Gasteiger partial charge is 0.445 e. The summed E-state index contributed by atoms with van der Waals surface area (Å²) in [6, 6.07) is 21.5. The first-order valence-electron chi connectivity index (χ1n) is 13.3. The zero-order valence-corrected chi connectivity index (χ0v) is 22.7. The van der Waals surface area contributed by atoms with Gasteiger partial charge < -0.3 is 21.1 Å². The van der Waals surface area contributed by atoms with Gasteiger partial charge in [0.1, 0.15) is 12.6 Å². The van der Waals surface area contributed by atoms with Gasteiger partial charge in [0.2, 0.25) is 11.7 Å². The van der Waals surface area contributed by atoms with Crippen LogP contribution in [0.15, 0.2) is 72.8 Å². The number of nitrogens with two attached hydrogens (primary N) is 1. The van der Waals surface area contributed by atoms with Gasteiger partial charge in [0.15, 0.2) is 5.78 Å². The Morgan fingerprint density at radius 3 is 2.23 bits per heavy atom. The van der Waals surface area contributed by atoms with E-state index < -0.39 is 48.0 Å². The lowest BCUT2D eigenvalue weighted by atomic mass is 9.92. The molecule has 3 atom stereocenters. The van der Waals surface area contributed by atoms with E-state index in [1.54, 1.807) is 19.1 Å². The third kappa shape index (κ3) is 8.76.